The van der Waals surface area contributed by atoms with E-state index in [-0.39, 0.29) is 11.5 Å². The molecule has 2 aromatic rings. The fourth-order valence-electron chi connectivity index (χ4n) is 4.34. The van der Waals surface area contributed by atoms with Gasteiger partial charge >= 0.3 is 0 Å². The second kappa shape index (κ2) is 5.16. The Morgan fingerprint density at radius 2 is 1.96 bits per heavy atom. The highest BCUT2D eigenvalue weighted by molar-refractivity contribution is 5.64. The van der Waals surface area contributed by atoms with E-state index in [1.165, 1.54) is 12.8 Å². The topological polar surface area (TPSA) is 72.3 Å². The number of hydrogen-bond donors (Lipinski definition) is 1. The molecule has 0 amide bonds. The first kappa shape index (κ1) is 14.6. The van der Waals surface area contributed by atoms with Crippen LogP contribution in [0.25, 0.3) is 16.1 Å². The van der Waals surface area contributed by atoms with E-state index in [1.54, 1.807) is 12.4 Å². The van der Waals surface area contributed by atoms with E-state index >= 15 is 0 Å². The predicted octanol–water partition coefficient (Wildman–Crippen LogP) is 3.02. The van der Waals surface area contributed by atoms with Crippen molar-refractivity contribution in [1.82, 2.24) is 15.0 Å². The van der Waals surface area contributed by atoms with Gasteiger partial charge in [-0.3, -0.25) is 0 Å². The lowest BCUT2D eigenvalue weighted by Gasteiger charge is -2.32. The van der Waals surface area contributed by atoms with Gasteiger partial charge in [0.15, 0.2) is 0 Å². The number of nitrogens with zero attached hydrogens (tertiary/aromatic N) is 5. The predicted molar refractivity (Wildman–Crippen MR) is 95.7 cm³/mol. The molecule has 4 fully saturated rings. The fourth-order valence-corrected chi connectivity index (χ4v) is 4.34. The number of rotatable bonds is 3. The van der Waals surface area contributed by atoms with Gasteiger partial charge in [0.25, 0.3) is 5.54 Å². The van der Waals surface area contributed by atoms with Crippen LogP contribution in [-0.4, -0.2) is 27.5 Å². The average Bonchev–Trinajstić information content (AvgIpc) is 3.15. The van der Waals surface area contributed by atoms with Crippen molar-refractivity contribution >= 4 is 11.8 Å². The standard InChI is InChI=1S/C19H20N6/c1-21-19(3-2-4-19)14-7-16(13-9-22-18(20)23-10-13)24-17(8-14)25-11-12-5-15(25)6-12/h7-10,12,15H,2-6,11H2,(H2,20,22,23). The van der Waals surface area contributed by atoms with E-state index in [1.807, 2.05) is 0 Å². The minimum atomic E-state index is -0.371. The summed E-state index contributed by atoms with van der Waals surface area (Å²) in [5.74, 6) is 2.08. The first-order chi connectivity index (χ1) is 12.2. The van der Waals surface area contributed by atoms with Crippen LogP contribution in [0.4, 0.5) is 11.8 Å². The number of aromatic nitrogens is 3. The van der Waals surface area contributed by atoms with E-state index in [0.29, 0.717) is 6.04 Å². The Balaban J connectivity index is 1.62. The van der Waals surface area contributed by atoms with E-state index in [0.717, 1.165) is 54.4 Å². The van der Waals surface area contributed by atoms with Crippen LogP contribution in [0, 0.1) is 12.5 Å². The molecule has 6 heteroatoms. The molecule has 0 atom stereocenters. The van der Waals surface area contributed by atoms with Gasteiger partial charge < -0.3 is 15.5 Å². The molecule has 6 rings (SSSR count). The molecule has 2 bridgehead atoms. The molecule has 126 valence electrons. The molecule has 2 aliphatic carbocycles. The highest BCUT2D eigenvalue weighted by Crippen LogP contribution is 2.48. The largest absolute Gasteiger partial charge is 0.368 e. The number of pyridine rings is 1. The summed E-state index contributed by atoms with van der Waals surface area (Å²) in [5, 5.41) is 0. The van der Waals surface area contributed by atoms with Gasteiger partial charge in [-0.2, -0.15) is 0 Å². The molecular weight excluding hydrogens is 312 g/mol. The number of nitrogen functional groups attached to an aromatic ring is 1. The van der Waals surface area contributed by atoms with Gasteiger partial charge in [-0.05, 0) is 37.3 Å². The molecule has 2 saturated heterocycles. The van der Waals surface area contributed by atoms with Crippen molar-refractivity contribution in [2.24, 2.45) is 5.92 Å². The summed E-state index contributed by atoms with van der Waals surface area (Å²) in [6, 6.07) is 4.82. The molecule has 25 heavy (non-hydrogen) atoms. The van der Waals surface area contributed by atoms with Crippen molar-refractivity contribution in [3.8, 4) is 11.3 Å². The Morgan fingerprint density at radius 1 is 1.20 bits per heavy atom. The molecular formula is C19H20N6. The van der Waals surface area contributed by atoms with Crippen LogP contribution in [0.15, 0.2) is 24.5 Å². The molecule has 0 radical (unpaired) electrons. The third kappa shape index (κ3) is 2.19. The number of nitrogens with two attached hydrogens (primary N) is 1. The minimum absolute atomic E-state index is 0.261. The Bertz CT molecular complexity index is 858. The van der Waals surface area contributed by atoms with Crippen LogP contribution in [0.3, 0.4) is 0 Å². The van der Waals surface area contributed by atoms with Gasteiger partial charge in [0, 0.05) is 48.9 Å². The number of fused-ring (bicyclic) bond motifs is 1. The molecule has 2 N–H and O–H groups in total. The smallest absolute Gasteiger partial charge is 0.257 e. The summed E-state index contributed by atoms with van der Waals surface area (Å²) in [4.78, 5) is 19.5. The molecule has 2 saturated carbocycles. The van der Waals surface area contributed by atoms with Gasteiger partial charge in [-0.15, -0.1) is 0 Å². The Hall–Kier alpha value is -2.68. The van der Waals surface area contributed by atoms with Gasteiger partial charge in [-0.1, -0.05) is 0 Å². The molecule has 0 unspecified atom stereocenters. The summed E-state index contributed by atoms with van der Waals surface area (Å²) in [6.07, 6.45) is 8.98. The lowest BCUT2D eigenvalue weighted by atomic mass is 9.72. The van der Waals surface area contributed by atoms with Crippen molar-refractivity contribution in [3.63, 3.8) is 0 Å². The second-order valence-electron chi connectivity index (χ2n) is 7.57. The van der Waals surface area contributed by atoms with Crippen molar-refractivity contribution in [2.75, 3.05) is 17.2 Å². The van der Waals surface area contributed by atoms with Gasteiger partial charge in [0.05, 0.1) is 5.69 Å². The second-order valence-corrected chi connectivity index (χ2v) is 7.57. The first-order valence-corrected chi connectivity index (χ1v) is 8.93. The molecule has 0 aromatic carbocycles. The van der Waals surface area contributed by atoms with Crippen molar-refractivity contribution < 1.29 is 0 Å². The molecule has 2 aromatic heterocycles. The van der Waals surface area contributed by atoms with Crippen LogP contribution >= 0.6 is 0 Å². The molecule has 0 spiro atoms. The Labute approximate surface area is 146 Å². The fraction of sp³-hybridized carbons (Fsp3) is 0.474. The summed E-state index contributed by atoms with van der Waals surface area (Å²) in [6.45, 7) is 8.81. The Morgan fingerprint density at radius 3 is 2.52 bits per heavy atom. The highest BCUT2D eigenvalue weighted by Gasteiger charge is 2.48. The maximum atomic E-state index is 7.73. The SMILES string of the molecule is [C-]#[N+]C1(c2cc(-c3cnc(N)nc3)nc(N3CC4CC3C4)c2)CCC1. The lowest BCUT2D eigenvalue weighted by Crippen LogP contribution is -2.32. The minimum Gasteiger partial charge on any atom is -0.368 e. The van der Waals surface area contributed by atoms with Crippen LogP contribution in [0.2, 0.25) is 0 Å². The first-order valence-electron chi connectivity index (χ1n) is 8.93. The normalized spacial score (nSPS) is 25.8. The highest BCUT2D eigenvalue weighted by atomic mass is 15.3. The number of anilines is 2. The third-order valence-corrected chi connectivity index (χ3v) is 6.11. The number of hydrogen-bond acceptors (Lipinski definition) is 5. The van der Waals surface area contributed by atoms with Crippen LogP contribution < -0.4 is 10.6 Å². The van der Waals surface area contributed by atoms with Gasteiger partial charge in [0.2, 0.25) is 5.95 Å². The zero-order chi connectivity index (χ0) is 17.0. The maximum absolute atomic E-state index is 7.73. The maximum Gasteiger partial charge on any atom is 0.257 e. The summed E-state index contributed by atoms with van der Waals surface area (Å²) >= 11 is 0. The zero-order valence-corrected chi connectivity index (χ0v) is 14.0. The molecule has 6 nitrogen and oxygen atoms in total. The van der Waals surface area contributed by atoms with E-state index < -0.39 is 0 Å². The van der Waals surface area contributed by atoms with Gasteiger partial charge in [-0.25, -0.2) is 21.5 Å². The van der Waals surface area contributed by atoms with Crippen LogP contribution in [0.1, 0.15) is 37.7 Å². The average molecular weight is 332 g/mol. The summed E-state index contributed by atoms with van der Waals surface area (Å²) in [7, 11) is 0. The van der Waals surface area contributed by atoms with Crippen molar-refractivity contribution in [3.05, 3.63) is 41.5 Å². The summed E-state index contributed by atoms with van der Waals surface area (Å²) < 4.78 is 0. The van der Waals surface area contributed by atoms with Crippen molar-refractivity contribution in [2.45, 2.75) is 43.7 Å². The van der Waals surface area contributed by atoms with E-state index in [9.17, 15) is 0 Å². The Kier molecular flexibility index (Phi) is 3.02. The van der Waals surface area contributed by atoms with E-state index in [4.69, 9.17) is 17.3 Å². The van der Waals surface area contributed by atoms with E-state index in [2.05, 4.69) is 31.8 Å². The zero-order valence-electron chi connectivity index (χ0n) is 14.0. The van der Waals surface area contributed by atoms with Gasteiger partial charge in [0.1, 0.15) is 5.82 Å². The molecule has 4 heterocycles. The molecule has 4 aliphatic rings. The molecule has 2 aliphatic heterocycles. The quantitative estimate of drug-likeness (QED) is 0.875. The van der Waals surface area contributed by atoms with Crippen molar-refractivity contribution in [1.29, 1.82) is 0 Å². The van der Waals surface area contributed by atoms with Crippen LogP contribution in [0.5, 0.6) is 0 Å². The third-order valence-electron chi connectivity index (χ3n) is 6.11. The lowest BCUT2D eigenvalue weighted by molar-refractivity contribution is 0.310. The summed E-state index contributed by atoms with van der Waals surface area (Å²) in [5.41, 5.74) is 8.03. The monoisotopic (exact) mass is 332 g/mol. The van der Waals surface area contributed by atoms with Crippen LogP contribution in [-0.2, 0) is 5.54 Å².